The molecule has 6 nitrogen and oxygen atoms in total. The minimum Gasteiger partial charge on any atom is -0.507 e. The lowest BCUT2D eigenvalue weighted by Crippen LogP contribution is -2.35. The highest BCUT2D eigenvalue weighted by Crippen LogP contribution is 2.40. The molecule has 1 aliphatic rings. The summed E-state index contributed by atoms with van der Waals surface area (Å²) in [4.78, 5) is 29.4. The van der Waals surface area contributed by atoms with Crippen LogP contribution < -0.4 is 4.74 Å². The van der Waals surface area contributed by atoms with E-state index >= 15 is 0 Å². The van der Waals surface area contributed by atoms with Crippen LogP contribution in [0.25, 0.3) is 5.76 Å². The molecule has 1 atom stereocenters. The highest BCUT2D eigenvalue weighted by Gasteiger charge is 2.46. The molecule has 1 amide bonds. The molecule has 1 fully saturated rings. The number of benzene rings is 2. The lowest BCUT2D eigenvalue weighted by Gasteiger charge is -2.26. The first-order chi connectivity index (χ1) is 14.2. The van der Waals surface area contributed by atoms with Gasteiger partial charge in [-0.15, -0.1) is 0 Å². The molecule has 2 aromatic carbocycles. The Morgan fingerprint density at radius 1 is 1.17 bits per heavy atom. The number of carbonyl (C=O) groups is 2. The molecule has 0 saturated carbocycles. The Morgan fingerprint density at radius 2 is 1.83 bits per heavy atom. The van der Waals surface area contributed by atoms with E-state index in [4.69, 9.17) is 4.74 Å². The monoisotopic (exact) mass is 472 g/mol. The molecule has 0 spiro atoms. The number of nitrogens with zero attached hydrogens (tertiary/aromatic N) is 2. The Bertz CT molecular complexity index is 999. The predicted molar refractivity (Wildman–Crippen MR) is 119 cm³/mol. The van der Waals surface area contributed by atoms with Crippen molar-refractivity contribution < 1.29 is 19.4 Å². The maximum Gasteiger partial charge on any atom is 0.295 e. The standard InChI is InChI=1S/C23H25BrN2O4/c1-14-13-17(30-4)9-10-18(14)21(27)19-20(15-5-7-16(24)8-6-15)26(12-11-25(2)3)23(29)22(19)28/h5-10,13,20,27H,11-12H2,1-4H3/b21-19+/t20-/m1/s1. The van der Waals surface area contributed by atoms with Gasteiger partial charge in [-0.2, -0.15) is 0 Å². The van der Waals surface area contributed by atoms with Crippen LogP contribution in [0, 0.1) is 6.92 Å². The van der Waals surface area contributed by atoms with Gasteiger partial charge in [0.05, 0.1) is 18.7 Å². The van der Waals surface area contributed by atoms with E-state index in [9.17, 15) is 14.7 Å². The van der Waals surface area contributed by atoms with Gasteiger partial charge in [0.25, 0.3) is 11.7 Å². The molecule has 1 aliphatic heterocycles. The second-order valence-electron chi connectivity index (χ2n) is 7.53. The van der Waals surface area contributed by atoms with Crippen molar-refractivity contribution in [2.24, 2.45) is 0 Å². The van der Waals surface area contributed by atoms with Gasteiger partial charge in [-0.05, 0) is 62.5 Å². The Morgan fingerprint density at radius 3 is 2.40 bits per heavy atom. The molecule has 0 unspecified atom stereocenters. The summed E-state index contributed by atoms with van der Waals surface area (Å²) >= 11 is 3.42. The molecule has 0 bridgehead atoms. The average Bonchev–Trinajstić information content (AvgIpc) is 2.96. The molecule has 3 rings (SSSR count). The number of amides is 1. The highest BCUT2D eigenvalue weighted by atomic mass is 79.9. The van der Waals surface area contributed by atoms with E-state index in [0.29, 0.717) is 24.4 Å². The van der Waals surface area contributed by atoms with E-state index < -0.39 is 17.7 Å². The summed E-state index contributed by atoms with van der Waals surface area (Å²) in [6.45, 7) is 2.80. The van der Waals surface area contributed by atoms with Crippen molar-refractivity contribution in [3.8, 4) is 5.75 Å². The van der Waals surface area contributed by atoms with Crippen LogP contribution in [-0.4, -0.2) is 60.9 Å². The number of aryl methyl sites for hydroxylation is 1. The van der Waals surface area contributed by atoms with Gasteiger partial charge < -0.3 is 19.6 Å². The van der Waals surface area contributed by atoms with Gasteiger partial charge in [0, 0.05) is 23.1 Å². The van der Waals surface area contributed by atoms with Gasteiger partial charge in [0.15, 0.2) is 0 Å². The third-order valence-corrected chi connectivity index (χ3v) is 5.73. The van der Waals surface area contributed by atoms with Crippen molar-refractivity contribution in [2.45, 2.75) is 13.0 Å². The fourth-order valence-electron chi connectivity index (χ4n) is 3.58. The zero-order valence-corrected chi connectivity index (χ0v) is 19.1. The fourth-order valence-corrected chi connectivity index (χ4v) is 3.85. The first-order valence-corrected chi connectivity index (χ1v) is 10.4. The Labute approximate surface area is 184 Å². The summed E-state index contributed by atoms with van der Waals surface area (Å²) in [5, 5.41) is 11.2. The summed E-state index contributed by atoms with van der Waals surface area (Å²) in [5.41, 5.74) is 2.13. The molecule has 30 heavy (non-hydrogen) atoms. The number of carbonyl (C=O) groups excluding carboxylic acids is 2. The third-order valence-electron chi connectivity index (χ3n) is 5.20. The van der Waals surface area contributed by atoms with Crippen molar-refractivity contribution in [2.75, 3.05) is 34.3 Å². The number of halogens is 1. The number of ketones is 1. The smallest absolute Gasteiger partial charge is 0.295 e. The molecule has 1 saturated heterocycles. The van der Waals surface area contributed by atoms with Gasteiger partial charge in [0.2, 0.25) is 0 Å². The van der Waals surface area contributed by atoms with Crippen LogP contribution in [0.15, 0.2) is 52.5 Å². The van der Waals surface area contributed by atoms with E-state index in [0.717, 1.165) is 15.6 Å². The summed E-state index contributed by atoms with van der Waals surface area (Å²) in [7, 11) is 5.38. The van der Waals surface area contributed by atoms with Crippen LogP contribution in [0.5, 0.6) is 5.75 Å². The van der Waals surface area contributed by atoms with Crippen molar-refractivity contribution in [3.05, 3.63) is 69.2 Å². The second-order valence-corrected chi connectivity index (χ2v) is 8.44. The van der Waals surface area contributed by atoms with Crippen molar-refractivity contribution in [3.63, 3.8) is 0 Å². The number of aliphatic hydroxyl groups is 1. The third kappa shape index (κ3) is 4.27. The van der Waals surface area contributed by atoms with Gasteiger partial charge >= 0.3 is 0 Å². The molecular weight excluding hydrogens is 448 g/mol. The Kier molecular flexibility index (Phi) is 6.63. The maximum atomic E-state index is 13.0. The number of ether oxygens (including phenoxy) is 1. The number of likely N-dealkylation sites (N-methyl/N-ethyl adjacent to an activating group) is 1. The number of methoxy groups -OCH3 is 1. The number of aliphatic hydroxyl groups excluding tert-OH is 1. The summed E-state index contributed by atoms with van der Waals surface area (Å²) in [5.74, 6) is -0.791. The quantitative estimate of drug-likeness (QED) is 0.393. The normalized spacial score (nSPS) is 18.3. The first-order valence-electron chi connectivity index (χ1n) is 9.58. The lowest BCUT2D eigenvalue weighted by molar-refractivity contribution is -0.140. The van der Waals surface area contributed by atoms with Crippen LogP contribution in [0.2, 0.25) is 0 Å². The number of rotatable bonds is 6. The second kappa shape index (κ2) is 9.02. The van der Waals surface area contributed by atoms with Gasteiger partial charge in [-0.3, -0.25) is 9.59 Å². The van der Waals surface area contributed by atoms with Crippen LogP contribution in [-0.2, 0) is 9.59 Å². The zero-order valence-electron chi connectivity index (χ0n) is 17.5. The topological polar surface area (TPSA) is 70.1 Å². The predicted octanol–water partition coefficient (Wildman–Crippen LogP) is 3.75. The van der Waals surface area contributed by atoms with Crippen molar-refractivity contribution in [1.29, 1.82) is 0 Å². The summed E-state index contributed by atoms with van der Waals surface area (Å²) in [6, 6.07) is 12.0. The van der Waals surface area contributed by atoms with Crippen molar-refractivity contribution >= 4 is 33.4 Å². The molecule has 0 radical (unpaired) electrons. The van der Waals surface area contributed by atoms with Crippen molar-refractivity contribution in [1.82, 2.24) is 9.80 Å². The molecule has 0 aliphatic carbocycles. The van der Waals surface area contributed by atoms with E-state index in [1.54, 1.807) is 25.3 Å². The van der Waals surface area contributed by atoms with E-state index in [1.165, 1.54) is 4.90 Å². The van der Waals surface area contributed by atoms with E-state index in [-0.39, 0.29) is 11.3 Å². The molecule has 7 heteroatoms. The maximum absolute atomic E-state index is 13.0. The molecule has 0 aromatic heterocycles. The van der Waals surface area contributed by atoms with Crippen LogP contribution in [0.4, 0.5) is 0 Å². The molecular formula is C23H25BrN2O4. The van der Waals surface area contributed by atoms with E-state index in [2.05, 4.69) is 15.9 Å². The minimum absolute atomic E-state index is 0.106. The largest absolute Gasteiger partial charge is 0.507 e. The molecule has 1 heterocycles. The average molecular weight is 473 g/mol. The van der Waals surface area contributed by atoms with Crippen LogP contribution in [0.3, 0.4) is 0 Å². The highest BCUT2D eigenvalue weighted by molar-refractivity contribution is 9.10. The SMILES string of the molecule is COc1ccc(/C(O)=C2\C(=O)C(=O)N(CCN(C)C)[C@@H]2c2ccc(Br)cc2)c(C)c1. The number of likely N-dealkylation sites (tertiary alicyclic amines) is 1. The van der Waals surface area contributed by atoms with Gasteiger partial charge in [0.1, 0.15) is 11.5 Å². The molecule has 1 N–H and O–H groups in total. The summed E-state index contributed by atoms with van der Waals surface area (Å²) in [6.07, 6.45) is 0. The summed E-state index contributed by atoms with van der Waals surface area (Å²) < 4.78 is 6.12. The molecule has 2 aromatic rings. The minimum atomic E-state index is -0.672. The van der Waals surface area contributed by atoms with Crippen LogP contribution in [0.1, 0.15) is 22.7 Å². The number of hydrogen-bond acceptors (Lipinski definition) is 5. The van der Waals surface area contributed by atoms with Crippen LogP contribution >= 0.6 is 15.9 Å². The van der Waals surface area contributed by atoms with E-state index in [1.807, 2.05) is 50.2 Å². The first kappa shape index (κ1) is 22.1. The number of Topliss-reactive ketones (excluding diaryl/α,β-unsaturated/α-hetero) is 1. The van der Waals surface area contributed by atoms with Gasteiger partial charge in [-0.1, -0.05) is 28.1 Å². The molecule has 158 valence electrons. The lowest BCUT2D eigenvalue weighted by atomic mass is 9.94. The number of hydrogen-bond donors (Lipinski definition) is 1. The Balaban J connectivity index is 2.16. The Hall–Kier alpha value is -2.64. The zero-order chi connectivity index (χ0) is 22.0. The fraction of sp³-hybridized carbons (Fsp3) is 0.304. The van der Waals surface area contributed by atoms with Gasteiger partial charge in [-0.25, -0.2) is 0 Å².